The maximum atomic E-state index is 12.1. The minimum atomic E-state index is -0.459. The number of carbonyl (C=O) groups excluding carboxylic acids is 1. The summed E-state index contributed by atoms with van der Waals surface area (Å²) in [7, 11) is 0. The van der Waals surface area contributed by atoms with Crippen molar-refractivity contribution in [2.24, 2.45) is 11.7 Å². The summed E-state index contributed by atoms with van der Waals surface area (Å²) in [4.78, 5) is 22.3. The normalized spacial score (nSPS) is 20.3. The third-order valence-electron chi connectivity index (χ3n) is 3.91. The zero-order valence-electron chi connectivity index (χ0n) is 12.0. The molecule has 0 radical (unpaired) electrons. The van der Waals surface area contributed by atoms with Crippen LogP contribution in [0.15, 0.2) is 22.7 Å². The summed E-state index contributed by atoms with van der Waals surface area (Å²) in [5.41, 5.74) is 6.44. The van der Waals surface area contributed by atoms with Crippen LogP contribution in [0, 0.1) is 16.0 Å². The second kappa shape index (κ2) is 8.45. The summed E-state index contributed by atoms with van der Waals surface area (Å²) in [6.07, 6.45) is 3.32. The third-order valence-corrected chi connectivity index (χ3v) is 4.64. The van der Waals surface area contributed by atoms with Gasteiger partial charge in [-0.1, -0.05) is 28.4 Å². The fourth-order valence-corrected chi connectivity index (χ4v) is 3.24. The summed E-state index contributed by atoms with van der Waals surface area (Å²) < 4.78 is 0.577. The van der Waals surface area contributed by atoms with E-state index in [9.17, 15) is 14.9 Å². The van der Waals surface area contributed by atoms with Crippen LogP contribution in [-0.2, 0) is 11.2 Å². The lowest BCUT2D eigenvalue weighted by atomic mass is 10.0. The Balaban J connectivity index is 0.00000242. The van der Waals surface area contributed by atoms with Gasteiger partial charge >= 0.3 is 0 Å². The SMILES string of the molecule is Cl.NCC1CCCC1NC(=O)Cc1ccc([N+](=O)[O-])cc1Br. The van der Waals surface area contributed by atoms with Gasteiger partial charge in [-0.15, -0.1) is 12.4 Å². The maximum absolute atomic E-state index is 12.1. The van der Waals surface area contributed by atoms with Crippen molar-refractivity contribution in [2.45, 2.75) is 31.7 Å². The largest absolute Gasteiger partial charge is 0.353 e. The van der Waals surface area contributed by atoms with Gasteiger partial charge in [-0.2, -0.15) is 0 Å². The molecule has 0 aromatic heterocycles. The van der Waals surface area contributed by atoms with Crippen molar-refractivity contribution < 1.29 is 9.72 Å². The smallest absolute Gasteiger partial charge is 0.270 e. The van der Waals surface area contributed by atoms with Gasteiger partial charge in [-0.25, -0.2) is 0 Å². The quantitative estimate of drug-likeness (QED) is 0.594. The molecule has 0 aliphatic heterocycles. The molecule has 8 heteroatoms. The van der Waals surface area contributed by atoms with Crippen LogP contribution in [0.25, 0.3) is 0 Å². The van der Waals surface area contributed by atoms with E-state index >= 15 is 0 Å². The van der Waals surface area contributed by atoms with Crippen LogP contribution in [0.2, 0.25) is 0 Å². The molecule has 1 amide bonds. The molecule has 0 bridgehead atoms. The molecule has 1 fully saturated rings. The number of carbonyl (C=O) groups is 1. The highest BCUT2D eigenvalue weighted by Gasteiger charge is 2.27. The van der Waals surface area contributed by atoms with Crippen molar-refractivity contribution in [2.75, 3.05) is 6.54 Å². The predicted molar refractivity (Wildman–Crippen MR) is 90.1 cm³/mol. The molecule has 1 aromatic carbocycles. The number of nitrogens with zero attached hydrogens (tertiary/aromatic N) is 1. The summed E-state index contributed by atoms with van der Waals surface area (Å²) in [6.45, 7) is 0.589. The molecule has 22 heavy (non-hydrogen) atoms. The van der Waals surface area contributed by atoms with E-state index in [1.807, 2.05) is 0 Å². The molecule has 0 saturated heterocycles. The van der Waals surface area contributed by atoms with Crippen molar-refractivity contribution >= 4 is 39.9 Å². The van der Waals surface area contributed by atoms with Gasteiger partial charge in [0.15, 0.2) is 0 Å². The standard InChI is InChI=1S/C14H18BrN3O3.ClH/c15-12-7-11(18(20)21)5-4-9(12)6-14(19)17-13-3-1-2-10(13)8-16;/h4-5,7,10,13H,1-3,6,8,16H2,(H,17,19);1H. The molecule has 1 aromatic rings. The molecule has 2 unspecified atom stereocenters. The summed E-state index contributed by atoms with van der Waals surface area (Å²) in [5, 5.41) is 13.7. The molecule has 1 aliphatic rings. The van der Waals surface area contributed by atoms with Gasteiger partial charge in [-0.05, 0) is 30.9 Å². The number of rotatable bonds is 5. The van der Waals surface area contributed by atoms with Crippen LogP contribution in [0.5, 0.6) is 0 Å². The molecular formula is C14H19BrClN3O3. The summed E-state index contributed by atoms with van der Waals surface area (Å²) >= 11 is 3.28. The van der Waals surface area contributed by atoms with Gasteiger partial charge in [0.2, 0.25) is 5.91 Å². The number of non-ortho nitro benzene ring substituents is 1. The van der Waals surface area contributed by atoms with Gasteiger partial charge in [0.25, 0.3) is 5.69 Å². The van der Waals surface area contributed by atoms with Gasteiger partial charge in [0.1, 0.15) is 0 Å². The highest BCUT2D eigenvalue weighted by molar-refractivity contribution is 9.10. The molecule has 1 saturated carbocycles. The van der Waals surface area contributed by atoms with Gasteiger partial charge in [0, 0.05) is 22.6 Å². The van der Waals surface area contributed by atoms with E-state index in [4.69, 9.17) is 5.73 Å². The molecule has 6 nitrogen and oxygen atoms in total. The highest BCUT2D eigenvalue weighted by Crippen LogP contribution is 2.26. The van der Waals surface area contributed by atoms with E-state index in [0.29, 0.717) is 16.9 Å². The fourth-order valence-electron chi connectivity index (χ4n) is 2.73. The first-order valence-corrected chi connectivity index (χ1v) is 7.73. The van der Waals surface area contributed by atoms with Crippen LogP contribution >= 0.6 is 28.3 Å². The molecular weight excluding hydrogens is 374 g/mol. The molecule has 3 N–H and O–H groups in total. The topological polar surface area (TPSA) is 98.3 Å². The van der Waals surface area contributed by atoms with Crippen LogP contribution < -0.4 is 11.1 Å². The van der Waals surface area contributed by atoms with Crippen LogP contribution in [0.4, 0.5) is 5.69 Å². The van der Waals surface area contributed by atoms with Crippen LogP contribution in [-0.4, -0.2) is 23.4 Å². The van der Waals surface area contributed by atoms with Crippen LogP contribution in [0.1, 0.15) is 24.8 Å². The Labute approximate surface area is 143 Å². The van der Waals surface area contributed by atoms with Crippen molar-refractivity contribution in [3.05, 3.63) is 38.3 Å². The Bertz CT molecular complexity index is 556. The molecule has 1 aliphatic carbocycles. The number of hydrogen-bond acceptors (Lipinski definition) is 4. The van der Waals surface area contributed by atoms with Gasteiger partial charge in [-0.3, -0.25) is 14.9 Å². The summed E-state index contributed by atoms with van der Waals surface area (Å²) in [6, 6.07) is 4.59. The molecule has 122 valence electrons. The fraction of sp³-hybridized carbons (Fsp3) is 0.500. The number of nitrogens with two attached hydrogens (primary N) is 1. The Morgan fingerprint density at radius 2 is 2.18 bits per heavy atom. The average molecular weight is 393 g/mol. The maximum Gasteiger partial charge on any atom is 0.270 e. The number of benzene rings is 1. The monoisotopic (exact) mass is 391 g/mol. The number of halogens is 2. The van der Waals surface area contributed by atoms with Gasteiger partial charge < -0.3 is 11.1 Å². The average Bonchev–Trinajstić information content (AvgIpc) is 2.87. The number of nitro benzene ring substituents is 1. The number of nitrogens with one attached hydrogen (secondary N) is 1. The number of nitro groups is 1. The lowest BCUT2D eigenvalue weighted by molar-refractivity contribution is -0.384. The molecule has 2 rings (SSSR count). The minimum absolute atomic E-state index is 0. The molecule has 0 spiro atoms. The van der Waals surface area contributed by atoms with Crippen molar-refractivity contribution in [3.8, 4) is 0 Å². The third kappa shape index (κ3) is 4.66. The van der Waals surface area contributed by atoms with E-state index in [1.54, 1.807) is 6.07 Å². The minimum Gasteiger partial charge on any atom is -0.353 e. The first-order chi connectivity index (χ1) is 10.0. The van der Waals surface area contributed by atoms with E-state index in [1.165, 1.54) is 12.1 Å². The second-order valence-electron chi connectivity index (χ2n) is 5.31. The number of amides is 1. The molecule has 0 heterocycles. The van der Waals surface area contributed by atoms with E-state index < -0.39 is 4.92 Å². The van der Waals surface area contributed by atoms with Crippen molar-refractivity contribution in [1.82, 2.24) is 5.32 Å². The number of hydrogen-bond donors (Lipinski definition) is 2. The van der Waals surface area contributed by atoms with Crippen molar-refractivity contribution in [3.63, 3.8) is 0 Å². The second-order valence-corrected chi connectivity index (χ2v) is 6.16. The van der Waals surface area contributed by atoms with Crippen molar-refractivity contribution in [1.29, 1.82) is 0 Å². The van der Waals surface area contributed by atoms with E-state index in [2.05, 4.69) is 21.2 Å². The van der Waals surface area contributed by atoms with E-state index in [-0.39, 0.29) is 36.5 Å². The predicted octanol–water partition coefficient (Wildman–Crippen LogP) is 2.57. The Morgan fingerprint density at radius 1 is 1.45 bits per heavy atom. The lowest BCUT2D eigenvalue weighted by Crippen LogP contribution is -2.40. The van der Waals surface area contributed by atoms with Crippen LogP contribution in [0.3, 0.4) is 0 Å². The Morgan fingerprint density at radius 3 is 2.77 bits per heavy atom. The Hall–Kier alpha value is -1.18. The molecule has 2 atom stereocenters. The lowest BCUT2D eigenvalue weighted by Gasteiger charge is -2.19. The Kier molecular flexibility index (Phi) is 7.25. The zero-order chi connectivity index (χ0) is 15.4. The van der Waals surface area contributed by atoms with E-state index in [0.717, 1.165) is 24.8 Å². The zero-order valence-corrected chi connectivity index (χ0v) is 14.4. The summed E-state index contributed by atoms with van der Waals surface area (Å²) in [5.74, 6) is 0.282. The van der Waals surface area contributed by atoms with Gasteiger partial charge in [0.05, 0.1) is 11.3 Å². The highest BCUT2D eigenvalue weighted by atomic mass is 79.9. The first-order valence-electron chi connectivity index (χ1n) is 6.93. The first kappa shape index (κ1) is 18.9.